The summed E-state index contributed by atoms with van der Waals surface area (Å²) in [7, 11) is 0. The van der Waals surface area contributed by atoms with Crippen molar-refractivity contribution in [3.8, 4) is 11.1 Å². The number of aromatic nitrogens is 4. The zero-order valence-electron chi connectivity index (χ0n) is 11.9. The van der Waals surface area contributed by atoms with Crippen LogP contribution in [0.5, 0.6) is 0 Å². The van der Waals surface area contributed by atoms with Gasteiger partial charge >= 0.3 is 0 Å². The highest BCUT2D eigenvalue weighted by Gasteiger charge is 2.10. The summed E-state index contributed by atoms with van der Waals surface area (Å²) < 4.78 is 1.81. The topological polar surface area (TPSA) is 43.1 Å². The SMILES string of the molecule is Cc1cc2ncc3cc(-c4ccccc4)c(C)nc3n2n1. The van der Waals surface area contributed by atoms with Gasteiger partial charge in [-0.15, -0.1) is 0 Å². The van der Waals surface area contributed by atoms with Crippen LogP contribution in [0.25, 0.3) is 27.8 Å². The van der Waals surface area contributed by atoms with Gasteiger partial charge in [0.25, 0.3) is 0 Å². The van der Waals surface area contributed by atoms with Crippen LogP contribution < -0.4 is 0 Å². The third kappa shape index (κ3) is 1.88. The van der Waals surface area contributed by atoms with Gasteiger partial charge < -0.3 is 0 Å². The lowest BCUT2D eigenvalue weighted by atomic mass is 10.0. The highest BCUT2D eigenvalue weighted by atomic mass is 15.3. The van der Waals surface area contributed by atoms with Crippen molar-refractivity contribution in [3.63, 3.8) is 0 Å². The van der Waals surface area contributed by atoms with Crippen molar-refractivity contribution in [2.75, 3.05) is 0 Å². The third-order valence-electron chi connectivity index (χ3n) is 3.66. The summed E-state index contributed by atoms with van der Waals surface area (Å²) in [6, 6.07) is 14.4. The molecule has 4 heteroatoms. The fraction of sp³-hybridized carbons (Fsp3) is 0.118. The van der Waals surface area contributed by atoms with E-state index in [1.807, 2.05) is 48.8 Å². The van der Waals surface area contributed by atoms with E-state index in [2.05, 4.69) is 28.3 Å². The van der Waals surface area contributed by atoms with Crippen molar-refractivity contribution in [2.45, 2.75) is 13.8 Å². The fourth-order valence-corrected chi connectivity index (χ4v) is 2.65. The number of benzene rings is 1. The Hall–Kier alpha value is -2.75. The van der Waals surface area contributed by atoms with Gasteiger partial charge in [0.2, 0.25) is 0 Å². The average Bonchev–Trinajstić information content (AvgIpc) is 2.88. The molecule has 1 aromatic carbocycles. The first-order valence-electron chi connectivity index (χ1n) is 6.90. The first kappa shape index (κ1) is 12.0. The number of pyridine rings is 1. The van der Waals surface area contributed by atoms with Crippen LogP contribution in [-0.2, 0) is 0 Å². The third-order valence-corrected chi connectivity index (χ3v) is 3.66. The van der Waals surface area contributed by atoms with E-state index >= 15 is 0 Å². The molecule has 3 aromatic heterocycles. The molecular formula is C17H14N4. The van der Waals surface area contributed by atoms with E-state index in [1.54, 1.807) is 0 Å². The smallest absolute Gasteiger partial charge is 0.164 e. The monoisotopic (exact) mass is 274 g/mol. The molecule has 4 aromatic rings. The number of hydrogen-bond acceptors (Lipinski definition) is 3. The molecule has 0 amide bonds. The van der Waals surface area contributed by atoms with Crippen molar-refractivity contribution in [1.29, 1.82) is 0 Å². The summed E-state index contributed by atoms with van der Waals surface area (Å²) in [6.45, 7) is 4.00. The first-order chi connectivity index (χ1) is 10.2. The van der Waals surface area contributed by atoms with Gasteiger partial charge in [-0.2, -0.15) is 9.61 Å². The molecule has 102 valence electrons. The second kappa shape index (κ2) is 4.38. The van der Waals surface area contributed by atoms with E-state index in [-0.39, 0.29) is 0 Å². The van der Waals surface area contributed by atoms with E-state index < -0.39 is 0 Å². The van der Waals surface area contributed by atoms with Crippen LogP contribution in [-0.4, -0.2) is 19.6 Å². The molecule has 0 saturated heterocycles. The maximum atomic E-state index is 4.75. The van der Waals surface area contributed by atoms with Crippen LogP contribution >= 0.6 is 0 Å². The minimum absolute atomic E-state index is 0.833. The average molecular weight is 274 g/mol. The Kier molecular flexibility index (Phi) is 2.51. The maximum Gasteiger partial charge on any atom is 0.164 e. The Labute approximate surface area is 122 Å². The van der Waals surface area contributed by atoms with Gasteiger partial charge in [0.1, 0.15) is 0 Å². The fourth-order valence-electron chi connectivity index (χ4n) is 2.65. The lowest BCUT2D eigenvalue weighted by Crippen LogP contribution is -1.98. The highest BCUT2D eigenvalue weighted by Crippen LogP contribution is 2.26. The first-order valence-corrected chi connectivity index (χ1v) is 6.90. The molecule has 4 rings (SSSR count). The predicted octanol–water partition coefficient (Wildman–Crippen LogP) is 3.56. The van der Waals surface area contributed by atoms with Gasteiger partial charge in [0.15, 0.2) is 11.3 Å². The molecule has 4 nitrogen and oxygen atoms in total. The van der Waals surface area contributed by atoms with Crippen molar-refractivity contribution < 1.29 is 0 Å². The quantitative estimate of drug-likeness (QED) is 0.533. The Balaban J connectivity index is 2.04. The number of nitrogens with zero attached hydrogens (tertiary/aromatic N) is 4. The van der Waals surface area contributed by atoms with Crippen molar-refractivity contribution >= 4 is 16.7 Å². The van der Waals surface area contributed by atoms with E-state index in [1.165, 1.54) is 5.56 Å². The van der Waals surface area contributed by atoms with Gasteiger partial charge in [-0.3, -0.25) is 0 Å². The molecule has 0 aliphatic rings. The lowest BCUT2D eigenvalue weighted by molar-refractivity contribution is 0.935. The number of hydrogen-bond donors (Lipinski definition) is 0. The van der Waals surface area contributed by atoms with Crippen LogP contribution in [0.15, 0.2) is 48.7 Å². The highest BCUT2D eigenvalue weighted by molar-refractivity contribution is 5.83. The largest absolute Gasteiger partial charge is 0.236 e. The van der Waals surface area contributed by atoms with Gasteiger partial charge in [0, 0.05) is 28.9 Å². The molecule has 0 radical (unpaired) electrons. The zero-order chi connectivity index (χ0) is 14.4. The summed E-state index contributed by atoms with van der Waals surface area (Å²) >= 11 is 0. The Morgan fingerprint density at radius 2 is 1.81 bits per heavy atom. The molecule has 0 atom stereocenters. The maximum absolute atomic E-state index is 4.75. The van der Waals surface area contributed by atoms with Crippen LogP contribution in [0.4, 0.5) is 0 Å². The lowest BCUT2D eigenvalue weighted by Gasteiger charge is -2.08. The summed E-state index contributed by atoms with van der Waals surface area (Å²) in [5.41, 5.74) is 5.93. The minimum Gasteiger partial charge on any atom is -0.236 e. The molecule has 0 unspecified atom stereocenters. The van der Waals surface area contributed by atoms with Crippen molar-refractivity contribution in [2.24, 2.45) is 0 Å². The summed E-state index contributed by atoms with van der Waals surface area (Å²) in [6.07, 6.45) is 1.87. The predicted molar refractivity (Wildman–Crippen MR) is 83.2 cm³/mol. The van der Waals surface area contributed by atoms with Crippen molar-refractivity contribution in [3.05, 3.63) is 60.0 Å². The van der Waals surface area contributed by atoms with Crippen LogP contribution in [0.1, 0.15) is 11.4 Å². The molecule has 0 spiro atoms. The summed E-state index contributed by atoms with van der Waals surface area (Å²) in [4.78, 5) is 9.21. The number of rotatable bonds is 1. The summed E-state index contributed by atoms with van der Waals surface area (Å²) in [5, 5.41) is 5.47. The molecule has 0 aliphatic heterocycles. The Morgan fingerprint density at radius 1 is 1.00 bits per heavy atom. The van der Waals surface area contributed by atoms with Gasteiger partial charge in [-0.1, -0.05) is 30.3 Å². The Bertz CT molecular complexity index is 955. The molecular weight excluding hydrogens is 260 g/mol. The van der Waals surface area contributed by atoms with Crippen LogP contribution in [0.2, 0.25) is 0 Å². The molecule has 21 heavy (non-hydrogen) atoms. The minimum atomic E-state index is 0.833. The van der Waals surface area contributed by atoms with Gasteiger partial charge in [0.05, 0.1) is 5.69 Å². The molecule has 0 bridgehead atoms. The zero-order valence-corrected chi connectivity index (χ0v) is 11.9. The second-order valence-electron chi connectivity index (χ2n) is 5.21. The molecule has 0 saturated carbocycles. The van der Waals surface area contributed by atoms with E-state index in [4.69, 9.17) is 4.98 Å². The standard InChI is InChI=1S/C17H14N4/c1-11-8-16-18-10-14-9-15(13-6-4-3-5-7-13)12(2)19-17(14)21(16)20-11/h3-10H,1-2H3. The van der Waals surface area contributed by atoms with Crippen LogP contribution in [0, 0.1) is 13.8 Å². The summed E-state index contributed by atoms with van der Waals surface area (Å²) in [5.74, 6) is 0. The number of fused-ring (bicyclic) bond motifs is 3. The Morgan fingerprint density at radius 3 is 2.62 bits per heavy atom. The number of aryl methyl sites for hydroxylation is 2. The molecule has 0 fully saturated rings. The molecule has 3 heterocycles. The van der Waals surface area contributed by atoms with E-state index in [9.17, 15) is 0 Å². The van der Waals surface area contributed by atoms with E-state index in [0.717, 1.165) is 33.6 Å². The van der Waals surface area contributed by atoms with Crippen LogP contribution in [0.3, 0.4) is 0 Å². The molecule has 0 N–H and O–H groups in total. The van der Waals surface area contributed by atoms with Gasteiger partial charge in [-0.25, -0.2) is 9.97 Å². The second-order valence-corrected chi connectivity index (χ2v) is 5.21. The van der Waals surface area contributed by atoms with E-state index in [0.29, 0.717) is 0 Å². The molecule has 0 aliphatic carbocycles. The van der Waals surface area contributed by atoms with Crippen molar-refractivity contribution in [1.82, 2.24) is 19.6 Å². The normalized spacial score (nSPS) is 11.3. The van der Waals surface area contributed by atoms with Gasteiger partial charge in [-0.05, 0) is 25.5 Å².